The number of nitrogens with one attached hydrogen (secondary N) is 1. The Morgan fingerprint density at radius 1 is 1.16 bits per heavy atom. The normalized spacial score (nSPS) is 11.5. The summed E-state index contributed by atoms with van der Waals surface area (Å²) in [6.07, 6.45) is -3.96. The predicted molar refractivity (Wildman–Crippen MR) is 113 cm³/mol. The number of pyridine rings is 1. The van der Waals surface area contributed by atoms with Crippen LogP contribution in [0, 0.1) is 6.92 Å². The predicted octanol–water partition coefficient (Wildman–Crippen LogP) is 4.24. The molecule has 0 aliphatic heterocycles. The molecule has 0 bridgehead atoms. The van der Waals surface area contributed by atoms with Crippen molar-refractivity contribution in [1.29, 1.82) is 0 Å². The first-order valence-electron chi connectivity index (χ1n) is 9.75. The maximum Gasteiger partial charge on any atom is 0.416 e. The Labute approximate surface area is 177 Å². The Kier molecular flexibility index (Phi) is 6.38. The number of ether oxygens (including phenoxy) is 1. The van der Waals surface area contributed by atoms with Crippen LogP contribution < -0.4 is 15.6 Å². The fourth-order valence-electron chi connectivity index (χ4n) is 3.63. The second-order valence-electron chi connectivity index (χ2n) is 7.31. The lowest BCUT2D eigenvalue weighted by atomic mass is 10.0. The zero-order valence-corrected chi connectivity index (χ0v) is 17.5. The number of aryl methyl sites for hydroxylation is 3. The molecule has 1 N–H and O–H groups in total. The molecule has 0 saturated carbocycles. The lowest BCUT2D eigenvalue weighted by Gasteiger charge is -2.15. The number of carbonyl (C=O) groups excluding carboxylic acids is 1. The minimum atomic E-state index is -4.42. The van der Waals surface area contributed by atoms with Gasteiger partial charge in [0.05, 0.1) is 23.8 Å². The number of fused-ring (bicyclic) bond motifs is 1. The molecule has 31 heavy (non-hydrogen) atoms. The number of hydrogen-bond acceptors (Lipinski definition) is 3. The summed E-state index contributed by atoms with van der Waals surface area (Å²) in [4.78, 5) is 25.6. The van der Waals surface area contributed by atoms with Gasteiger partial charge in [0.1, 0.15) is 0 Å². The lowest BCUT2D eigenvalue weighted by Crippen LogP contribution is -2.29. The number of amides is 1. The maximum absolute atomic E-state index is 13.1. The van der Waals surface area contributed by atoms with Gasteiger partial charge in [-0.25, -0.2) is 0 Å². The van der Waals surface area contributed by atoms with Crippen LogP contribution in [0.5, 0.6) is 5.75 Å². The van der Waals surface area contributed by atoms with E-state index in [1.54, 1.807) is 25.2 Å². The number of nitrogens with zero attached hydrogens (tertiary/aromatic N) is 1. The molecular formula is C23H23F3N2O3. The van der Waals surface area contributed by atoms with Crippen LogP contribution in [0.15, 0.2) is 47.3 Å². The minimum Gasteiger partial charge on any atom is -0.490 e. The van der Waals surface area contributed by atoms with Crippen LogP contribution in [0.25, 0.3) is 10.9 Å². The first kappa shape index (κ1) is 22.4. The number of aromatic nitrogens is 1. The third-order valence-electron chi connectivity index (χ3n) is 5.17. The molecule has 8 heteroatoms. The fourth-order valence-corrected chi connectivity index (χ4v) is 3.63. The molecule has 0 aliphatic rings. The van der Waals surface area contributed by atoms with Gasteiger partial charge in [-0.1, -0.05) is 29.8 Å². The van der Waals surface area contributed by atoms with E-state index in [2.05, 4.69) is 5.32 Å². The van der Waals surface area contributed by atoms with Crippen LogP contribution >= 0.6 is 0 Å². The fraction of sp³-hybridized carbons (Fsp3) is 0.304. The summed E-state index contributed by atoms with van der Waals surface area (Å²) in [5, 5.41) is 3.28. The Morgan fingerprint density at radius 2 is 1.87 bits per heavy atom. The van der Waals surface area contributed by atoms with E-state index in [0.29, 0.717) is 17.3 Å². The van der Waals surface area contributed by atoms with E-state index in [-0.39, 0.29) is 29.8 Å². The number of carbonyl (C=O) groups is 1. The first-order chi connectivity index (χ1) is 14.6. The van der Waals surface area contributed by atoms with Gasteiger partial charge in [0.25, 0.3) is 11.5 Å². The molecule has 1 heterocycles. The Hall–Kier alpha value is -3.29. The van der Waals surface area contributed by atoms with Gasteiger partial charge in [0, 0.05) is 19.0 Å². The number of benzene rings is 2. The molecule has 0 atom stereocenters. The number of halogens is 3. The van der Waals surface area contributed by atoms with Crippen LogP contribution in [0.3, 0.4) is 0 Å². The monoisotopic (exact) mass is 432 g/mol. The van der Waals surface area contributed by atoms with Gasteiger partial charge >= 0.3 is 6.18 Å². The van der Waals surface area contributed by atoms with Gasteiger partial charge in [-0.2, -0.15) is 13.2 Å². The average Bonchev–Trinajstić information content (AvgIpc) is 2.72. The molecule has 164 valence electrons. The standard InChI is InChI=1S/C23H23F3N2O3/c1-14-10-11-18-16(13-14)19(20(31-3)22(30)28(18)2)21(29)27-12-6-8-15-7-4-5-9-17(15)23(24,25)26/h4-5,7,9-11,13H,6,8,12H2,1-3H3,(H,27,29). The molecule has 3 aromatic rings. The Balaban J connectivity index is 1.82. The summed E-state index contributed by atoms with van der Waals surface area (Å²) >= 11 is 0. The van der Waals surface area contributed by atoms with Crippen molar-refractivity contribution in [3.05, 3.63) is 75.1 Å². The van der Waals surface area contributed by atoms with Crippen molar-refractivity contribution in [3.63, 3.8) is 0 Å². The van der Waals surface area contributed by atoms with E-state index in [1.807, 2.05) is 13.0 Å². The lowest BCUT2D eigenvalue weighted by molar-refractivity contribution is -0.138. The van der Waals surface area contributed by atoms with Crippen molar-refractivity contribution in [1.82, 2.24) is 9.88 Å². The smallest absolute Gasteiger partial charge is 0.416 e. The molecular weight excluding hydrogens is 409 g/mol. The molecule has 5 nitrogen and oxygen atoms in total. The second kappa shape index (κ2) is 8.83. The largest absolute Gasteiger partial charge is 0.490 e. The zero-order chi connectivity index (χ0) is 22.8. The number of methoxy groups -OCH3 is 1. The van der Waals surface area contributed by atoms with E-state index in [0.717, 1.165) is 11.6 Å². The average molecular weight is 432 g/mol. The van der Waals surface area contributed by atoms with E-state index in [1.165, 1.54) is 23.8 Å². The molecule has 2 aromatic carbocycles. The van der Waals surface area contributed by atoms with Gasteiger partial charge in [0.2, 0.25) is 0 Å². The highest BCUT2D eigenvalue weighted by Gasteiger charge is 2.32. The molecule has 0 radical (unpaired) electrons. The van der Waals surface area contributed by atoms with E-state index in [9.17, 15) is 22.8 Å². The maximum atomic E-state index is 13.1. The van der Waals surface area contributed by atoms with Crippen LogP contribution in [0.1, 0.15) is 33.5 Å². The molecule has 1 aromatic heterocycles. The topological polar surface area (TPSA) is 60.3 Å². The van der Waals surface area contributed by atoms with Crippen molar-refractivity contribution in [3.8, 4) is 5.75 Å². The summed E-state index contributed by atoms with van der Waals surface area (Å²) in [6.45, 7) is 2.02. The van der Waals surface area contributed by atoms with Gasteiger partial charge in [-0.05, 0) is 43.5 Å². The van der Waals surface area contributed by atoms with Crippen LogP contribution in [0.4, 0.5) is 13.2 Å². The molecule has 1 amide bonds. The van der Waals surface area contributed by atoms with Gasteiger partial charge in [-0.3, -0.25) is 9.59 Å². The van der Waals surface area contributed by atoms with Crippen molar-refractivity contribution >= 4 is 16.8 Å². The summed E-state index contributed by atoms with van der Waals surface area (Å²) in [6, 6.07) is 10.8. The highest BCUT2D eigenvalue weighted by atomic mass is 19.4. The van der Waals surface area contributed by atoms with Crippen molar-refractivity contribution < 1.29 is 22.7 Å². The summed E-state index contributed by atoms with van der Waals surface area (Å²) < 4.78 is 46.0. The molecule has 0 aliphatic carbocycles. The molecule has 0 spiro atoms. The molecule has 0 saturated heterocycles. The van der Waals surface area contributed by atoms with Crippen LogP contribution in [-0.4, -0.2) is 24.1 Å². The third kappa shape index (κ3) is 4.57. The van der Waals surface area contributed by atoms with E-state index < -0.39 is 23.2 Å². The quantitative estimate of drug-likeness (QED) is 0.593. The number of alkyl halides is 3. The van der Waals surface area contributed by atoms with E-state index >= 15 is 0 Å². The van der Waals surface area contributed by atoms with Crippen LogP contribution in [0.2, 0.25) is 0 Å². The minimum absolute atomic E-state index is 0.0690. The van der Waals surface area contributed by atoms with Crippen molar-refractivity contribution in [2.45, 2.75) is 25.9 Å². The second-order valence-corrected chi connectivity index (χ2v) is 7.31. The van der Waals surface area contributed by atoms with Crippen LogP contribution in [-0.2, 0) is 19.6 Å². The Bertz CT molecular complexity index is 1180. The number of hydrogen-bond donors (Lipinski definition) is 1. The van der Waals surface area contributed by atoms with Gasteiger partial charge < -0.3 is 14.6 Å². The third-order valence-corrected chi connectivity index (χ3v) is 5.17. The SMILES string of the molecule is COc1c(C(=O)NCCCc2ccccc2C(F)(F)F)c2cc(C)ccc2n(C)c1=O. The molecule has 3 rings (SSSR count). The summed E-state index contributed by atoms with van der Waals surface area (Å²) in [7, 11) is 2.92. The summed E-state index contributed by atoms with van der Waals surface area (Å²) in [5.41, 5.74) is 0.683. The highest BCUT2D eigenvalue weighted by molar-refractivity contribution is 6.08. The number of rotatable bonds is 6. The van der Waals surface area contributed by atoms with Crippen molar-refractivity contribution in [2.75, 3.05) is 13.7 Å². The summed E-state index contributed by atoms with van der Waals surface area (Å²) in [5.74, 6) is -0.574. The van der Waals surface area contributed by atoms with Gasteiger partial charge in [-0.15, -0.1) is 0 Å². The Morgan fingerprint density at radius 3 is 2.55 bits per heavy atom. The first-order valence-corrected chi connectivity index (χ1v) is 9.75. The van der Waals surface area contributed by atoms with E-state index in [4.69, 9.17) is 4.74 Å². The molecule has 0 fully saturated rings. The van der Waals surface area contributed by atoms with Gasteiger partial charge in [0.15, 0.2) is 5.75 Å². The molecule has 0 unspecified atom stereocenters. The van der Waals surface area contributed by atoms with Crippen molar-refractivity contribution in [2.24, 2.45) is 7.05 Å². The zero-order valence-electron chi connectivity index (χ0n) is 17.5. The highest BCUT2D eigenvalue weighted by Crippen LogP contribution is 2.32.